The summed E-state index contributed by atoms with van der Waals surface area (Å²) in [5, 5.41) is 1.17. The van der Waals surface area contributed by atoms with Gasteiger partial charge in [0, 0.05) is 0 Å². The van der Waals surface area contributed by atoms with Gasteiger partial charge in [-0.1, -0.05) is 0 Å². The summed E-state index contributed by atoms with van der Waals surface area (Å²) >= 11 is -1.12. The fourth-order valence-corrected chi connectivity index (χ4v) is 3.82. The quantitative estimate of drug-likeness (QED) is 0.691. The Hall–Kier alpha value is -0.262. The van der Waals surface area contributed by atoms with Crippen molar-refractivity contribution < 1.29 is 3.73 Å². The van der Waals surface area contributed by atoms with E-state index in [0.29, 0.717) is 0 Å². The molecule has 0 radical (unpaired) electrons. The molecule has 0 N–H and O–H groups in total. The predicted molar refractivity (Wildman–Crippen MR) is 49.3 cm³/mol. The third-order valence-electron chi connectivity index (χ3n) is 1.55. The molecule has 0 bridgehead atoms. The molecule has 2 heteroatoms. The zero-order chi connectivity index (χ0) is 8.10. The second-order valence-corrected chi connectivity index (χ2v) is 6.98. The van der Waals surface area contributed by atoms with E-state index in [1.54, 1.807) is 0 Å². The molecule has 0 aliphatic rings. The van der Waals surface area contributed by atoms with Gasteiger partial charge in [0.05, 0.1) is 0 Å². The van der Waals surface area contributed by atoms with E-state index < -0.39 is 15.0 Å². The van der Waals surface area contributed by atoms with Gasteiger partial charge in [-0.25, -0.2) is 0 Å². The Bertz CT molecular complexity index is 194. The monoisotopic (exact) mass is 212 g/mol. The Morgan fingerprint density at radius 3 is 2.36 bits per heavy atom. The molecule has 0 spiro atoms. The van der Waals surface area contributed by atoms with Gasteiger partial charge in [0.15, 0.2) is 0 Å². The molecule has 11 heavy (non-hydrogen) atoms. The molecule has 0 aliphatic heterocycles. The van der Waals surface area contributed by atoms with Gasteiger partial charge in [-0.05, 0) is 0 Å². The third-order valence-corrected chi connectivity index (χ3v) is 5.52. The summed E-state index contributed by atoms with van der Waals surface area (Å²) in [7, 11) is 1.82. The van der Waals surface area contributed by atoms with Gasteiger partial charge >= 0.3 is 72.6 Å². The van der Waals surface area contributed by atoms with Crippen LogP contribution in [-0.4, -0.2) is 22.1 Å². The van der Waals surface area contributed by atoms with Crippen LogP contribution in [0.5, 0.6) is 0 Å². The van der Waals surface area contributed by atoms with Crippen LogP contribution >= 0.6 is 0 Å². The van der Waals surface area contributed by atoms with Crippen molar-refractivity contribution in [3.8, 4) is 0 Å². The van der Waals surface area contributed by atoms with E-state index in [9.17, 15) is 0 Å². The van der Waals surface area contributed by atoms with E-state index in [4.69, 9.17) is 3.73 Å². The van der Waals surface area contributed by atoms with Gasteiger partial charge in [0.1, 0.15) is 0 Å². The summed E-state index contributed by atoms with van der Waals surface area (Å²) in [4.78, 5) is 0. The molecular formula is C9H13AsO. The van der Waals surface area contributed by atoms with Crippen molar-refractivity contribution in [3.05, 3.63) is 30.3 Å². The number of benzene rings is 1. The van der Waals surface area contributed by atoms with E-state index in [2.05, 4.69) is 31.2 Å². The van der Waals surface area contributed by atoms with E-state index in [1.807, 2.05) is 13.2 Å². The molecule has 0 aromatic heterocycles. The normalized spacial score (nSPS) is 12.9. The third kappa shape index (κ3) is 2.35. The Morgan fingerprint density at radius 1 is 1.27 bits per heavy atom. The molecule has 0 saturated heterocycles. The van der Waals surface area contributed by atoms with Crippen molar-refractivity contribution in [2.24, 2.45) is 0 Å². The SMILES string of the molecule is CC[As](OC)c1ccccc1. The summed E-state index contributed by atoms with van der Waals surface area (Å²) in [6.45, 7) is 2.19. The van der Waals surface area contributed by atoms with E-state index in [-0.39, 0.29) is 0 Å². The number of hydrogen-bond donors (Lipinski definition) is 0. The van der Waals surface area contributed by atoms with E-state index in [0.717, 1.165) is 0 Å². The van der Waals surface area contributed by atoms with Crippen LogP contribution in [0.25, 0.3) is 0 Å². The van der Waals surface area contributed by atoms with Gasteiger partial charge in [-0.15, -0.1) is 0 Å². The van der Waals surface area contributed by atoms with Crippen LogP contribution in [0.2, 0.25) is 5.21 Å². The van der Waals surface area contributed by atoms with Crippen LogP contribution < -0.4 is 4.35 Å². The van der Waals surface area contributed by atoms with Crippen molar-refractivity contribution in [1.29, 1.82) is 0 Å². The molecule has 0 aliphatic carbocycles. The molecule has 1 unspecified atom stereocenters. The van der Waals surface area contributed by atoms with E-state index >= 15 is 0 Å². The molecule has 1 aromatic carbocycles. The van der Waals surface area contributed by atoms with Crippen LogP contribution in [0.15, 0.2) is 30.3 Å². The fraction of sp³-hybridized carbons (Fsp3) is 0.333. The first-order valence-corrected chi connectivity index (χ1v) is 6.78. The molecule has 1 nitrogen and oxygen atoms in total. The van der Waals surface area contributed by atoms with E-state index in [1.165, 1.54) is 9.56 Å². The Labute approximate surface area is 73.0 Å². The van der Waals surface area contributed by atoms with Crippen molar-refractivity contribution in [2.75, 3.05) is 7.11 Å². The minimum absolute atomic E-state index is 1.12. The molecule has 0 amide bonds. The summed E-state index contributed by atoms with van der Waals surface area (Å²) < 4.78 is 6.84. The predicted octanol–water partition coefficient (Wildman–Crippen LogP) is 1.55. The first-order valence-electron chi connectivity index (χ1n) is 3.75. The summed E-state index contributed by atoms with van der Waals surface area (Å²) in [6.07, 6.45) is 0. The molecule has 0 fully saturated rings. The first kappa shape index (κ1) is 8.83. The van der Waals surface area contributed by atoms with Gasteiger partial charge in [-0.3, -0.25) is 0 Å². The molecule has 0 heterocycles. The molecule has 0 saturated carbocycles. The average molecular weight is 212 g/mol. The van der Waals surface area contributed by atoms with Crippen molar-refractivity contribution in [1.82, 2.24) is 0 Å². The molecule has 1 rings (SSSR count). The molecule has 1 atom stereocenters. The Morgan fingerprint density at radius 2 is 1.91 bits per heavy atom. The molecule has 60 valence electrons. The number of hydrogen-bond acceptors (Lipinski definition) is 1. The van der Waals surface area contributed by atoms with Crippen LogP contribution in [0, 0.1) is 0 Å². The Balaban J connectivity index is 2.74. The molecule has 1 aromatic rings. The Kier molecular flexibility index (Phi) is 3.68. The maximum absolute atomic E-state index is 5.43. The van der Waals surface area contributed by atoms with Gasteiger partial charge in [-0.2, -0.15) is 0 Å². The topological polar surface area (TPSA) is 9.23 Å². The molecular weight excluding hydrogens is 199 g/mol. The second-order valence-electron chi connectivity index (χ2n) is 2.21. The fourth-order valence-electron chi connectivity index (χ4n) is 1.01. The number of rotatable bonds is 3. The first-order chi connectivity index (χ1) is 5.38. The summed E-state index contributed by atoms with van der Waals surface area (Å²) in [5.74, 6) is 0. The summed E-state index contributed by atoms with van der Waals surface area (Å²) in [6, 6.07) is 10.5. The van der Waals surface area contributed by atoms with Crippen LogP contribution in [0.1, 0.15) is 6.92 Å². The average Bonchev–Trinajstić information content (AvgIpc) is 2.09. The van der Waals surface area contributed by atoms with Crippen LogP contribution in [0.4, 0.5) is 0 Å². The second kappa shape index (κ2) is 4.58. The van der Waals surface area contributed by atoms with Gasteiger partial charge in [0.25, 0.3) is 0 Å². The maximum atomic E-state index is 5.43. The van der Waals surface area contributed by atoms with Crippen molar-refractivity contribution in [2.45, 2.75) is 12.1 Å². The van der Waals surface area contributed by atoms with Crippen molar-refractivity contribution >= 4 is 19.3 Å². The van der Waals surface area contributed by atoms with Gasteiger partial charge < -0.3 is 0 Å². The van der Waals surface area contributed by atoms with Crippen LogP contribution in [-0.2, 0) is 3.73 Å². The zero-order valence-electron chi connectivity index (χ0n) is 6.95. The standard InChI is InChI=1S/C9H13AsO/c1-3-10(11-2)9-7-5-4-6-8-9/h4-8H,3H2,1-2H3. The minimum atomic E-state index is -1.12. The van der Waals surface area contributed by atoms with Crippen LogP contribution in [0.3, 0.4) is 0 Å². The van der Waals surface area contributed by atoms with Gasteiger partial charge in [0.2, 0.25) is 0 Å². The van der Waals surface area contributed by atoms with Crippen molar-refractivity contribution in [3.63, 3.8) is 0 Å². The zero-order valence-corrected chi connectivity index (χ0v) is 8.83. The summed E-state index contributed by atoms with van der Waals surface area (Å²) in [5.41, 5.74) is 0.